The summed E-state index contributed by atoms with van der Waals surface area (Å²) in [6.07, 6.45) is 5.69. The van der Waals surface area contributed by atoms with E-state index in [2.05, 4.69) is 35.8 Å². The molecule has 2 aliphatic heterocycles. The average molecular weight is 561 g/mol. The summed E-state index contributed by atoms with van der Waals surface area (Å²) in [7, 11) is 1.67. The number of aryl methyl sites for hydroxylation is 1. The fraction of sp³-hybridized carbons (Fsp3) is 0.344. The van der Waals surface area contributed by atoms with Gasteiger partial charge in [-0.3, -0.25) is 9.47 Å². The molecule has 2 unspecified atom stereocenters. The Bertz CT molecular complexity index is 1630. The Morgan fingerprint density at radius 2 is 1.75 bits per heavy atom. The van der Waals surface area contributed by atoms with Crippen LogP contribution in [0.4, 0.5) is 10.1 Å². The summed E-state index contributed by atoms with van der Waals surface area (Å²) in [6.45, 7) is 7.69. The molecule has 2 aliphatic rings. The maximum absolute atomic E-state index is 15.0. The zero-order valence-corrected chi connectivity index (χ0v) is 23.8. The second-order valence-electron chi connectivity index (χ2n) is 11.4. The van der Waals surface area contributed by atoms with E-state index in [0.29, 0.717) is 39.5 Å². The normalized spacial score (nSPS) is 19.4. The van der Waals surface area contributed by atoms with Crippen molar-refractivity contribution >= 4 is 17.3 Å². The molecule has 8 heteroatoms. The van der Waals surface area contributed by atoms with Gasteiger partial charge in [0.25, 0.3) is 0 Å². The Labute approximate surface area is 238 Å². The SMILES string of the molecule is CC(C)N1CC2CCN(c3cccc(-c4cc(F)cc(-c5ccc(-n6ccn(C)c6=O)c(Cl)c5)c4O)c3)CC1C2. The number of phenolic OH excluding ortho intramolecular Hbond substituents is 1. The number of anilines is 1. The van der Waals surface area contributed by atoms with Gasteiger partial charge in [-0.2, -0.15) is 0 Å². The third kappa shape index (κ3) is 4.82. The first-order valence-corrected chi connectivity index (χ1v) is 14.3. The molecule has 6 rings (SSSR count). The van der Waals surface area contributed by atoms with Gasteiger partial charge in [0.1, 0.15) is 11.6 Å². The summed E-state index contributed by atoms with van der Waals surface area (Å²) in [5.74, 6) is 0.265. The number of hydrogen-bond donors (Lipinski definition) is 1. The molecule has 3 aromatic carbocycles. The maximum Gasteiger partial charge on any atom is 0.332 e. The number of benzene rings is 3. The molecule has 1 aromatic heterocycles. The quantitative estimate of drug-likeness (QED) is 0.310. The molecule has 2 atom stereocenters. The Morgan fingerprint density at radius 1 is 1.00 bits per heavy atom. The summed E-state index contributed by atoms with van der Waals surface area (Å²) in [5.41, 5.74) is 3.46. The van der Waals surface area contributed by atoms with Gasteiger partial charge in [0, 0.05) is 68.0 Å². The highest BCUT2D eigenvalue weighted by atomic mass is 35.5. The van der Waals surface area contributed by atoms with Gasteiger partial charge in [-0.1, -0.05) is 29.8 Å². The Kier molecular flexibility index (Phi) is 6.97. The van der Waals surface area contributed by atoms with Crippen LogP contribution in [0.2, 0.25) is 5.02 Å². The summed E-state index contributed by atoms with van der Waals surface area (Å²) >= 11 is 6.57. The first-order valence-electron chi connectivity index (χ1n) is 13.9. The van der Waals surface area contributed by atoms with Gasteiger partial charge < -0.3 is 14.6 Å². The van der Waals surface area contributed by atoms with Crippen LogP contribution in [0.15, 0.2) is 71.8 Å². The average Bonchev–Trinajstić information content (AvgIpc) is 3.41. The van der Waals surface area contributed by atoms with Crippen molar-refractivity contribution < 1.29 is 9.50 Å². The highest BCUT2D eigenvalue weighted by Gasteiger charge is 2.37. The van der Waals surface area contributed by atoms with Gasteiger partial charge in [-0.05, 0) is 80.1 Å². The number of phenols is 1. The molecule has 40 heavy (non-hydrogen) atoms. The Hall–Kier alpha value is -3.55. The molecule has 2 saturated heterocycles. The third-order valence-electron chi connectivity index (χ3n) is 8.51. The number of nitrogens with zero attached hydrogens (tertiary/aromatic N) is 4. The van der Waals surface area contributed by atoms with Crippen LogP contribution >= 0.6 is 11.6 Å². The molecule has 4 aromatic rings. The van der Waals surface area contributed by atoms with Crippen molar-refractivity contribution in [1.29, 1.82) is 0 Å². The van der Waals surface area contributed by atoms with Gasteiger partial charge >= 0.3 is 5.69 Å². The standard InChI is InChI=1S/C32H34ClFN4O2/c1-20(2)38-18-21-9-10-36(19-26(38)13-21)25-6-4-5-22(14-25)27-16-24(34)17-28(31(27)39)23-7-8-30(29(33)15-23)37-12-11-35(3)32(37)40/h4-8,11-12,14-17,20-21,26,39H,9-10,13,18-19H2,1-3H3. The second kappa shape index (κ2) is 10.5. The van der Waals surface area contributed by atoms with Crippen molar-refractivity contribution in [3.05, 3.63) is 88.3 Å². The fourth-order valence-electron chi connectivity index (χ4n) is 6.41. The lowest BCUT2D eigenvalue weighted by Crippen LogP contribution is -2.44. The number of halogens is 2. The first kappa shape index (κ1) is 26.7. The lowest BCUT2D eigenvalue weighted by molar-refractivity contribution is 0.197. The molecule has 2 bridgehead atoms. The molecule has 6 nitrogen and oxygen atoms in total. The van der Waals surface area contributed by atoms with E-state index in [9.17, 15) is 9.90 Å². The van der Waals surface area contributed by atoms with E-state index < -0.39 is 5.82 Å². The minimum Gasteiger partial charge on any atom is -0.507 e. The van der Waals surface area contributed by atoms with Crippen LogP contribution < -0.4 is 10.6 Å². The smallest absolute Gasteiger partial charge is 0.332 e. The van der Waals surface area contributed by atoms with Crippen LogP contribution in [-0.4, -0.2) is 50.9 Å². The second-order valence-corrected chi connectivity index (χ2v) is 11.8. The molecule has 0 spiro atoms. The van der Waals surface area contributed by atoms with Crippen LogP contribution in [0.1, 0.15) is 26.7 Å². The maximum atomic E-state index is 15.0. The van der Waals surface area contributed by atoms with E-state index >= 15 is 4.39 Å². The number of aromatic hydroxyl groups is 1. The molecule has 0 aliphatic carbocycles. The first-order chi connectivity index (χ1) is 19.2. The molecule has 2 fully saturated rings. The Balaban J connectivity index is 1.33. The molecule has 208 valence electrons. The van der Waals surface area contributed by atoms with Crippen LogP contribution in [0.5, 0.6) is 5.75 Å². The van der Waals surface area contributed by atoms with Gasteiger partial charge in [-0.25, -0.2) is 9.18 Å². The molecule has 0 amide bonds. The lowest BCUT2D eigenvalue weighted by atomic mass is 9.96. The molecule has 1 N–H and O–H groups in total. The van der Waals surface area contributed by atoms with E-state index in [1.54, 1.807) is 37.6 Å². The summed E-state index contributed by atoms with van der Waals surface area (Å²) < 4.78 is 17.9. The number of hydrogen-bond acceptors (Lipinski definition) is 4. The molecule has 0 saturated carbocycles. The van der Waals surface area contributed by atoms with Gasteiger partial charge in [0.15, 0.2) is 0 Å². The molecular formula is C32H34ClFN4O2. The van der Waals surface area contributed by atoms with Crippen LogP contribution in [-0.2, 0) is 7.05 Å². The van der Waals surface area contributed by atoms with Crippen molar-refractivity contribution in [2.45, 2.75) is 38.8 Å². The van der Waals surface area contributed by atoms with Crippen LogP contribution in [0, 0.1) is 11.7 Å². The molecule has 3 heterocycles. The number of likely N-dealkylation sites (tertiary alicyclic amines) is 1. The highest BCUT2D eigenvalue weighted by Crippen LogP contribution is 2.41. The molecular weight excluding hydrogens is 527 g/mol. The number of rotatable bonds is 5. The van der Waals surface area contributed by atoms with Crippen molar-refractivity contribution in [3.8, 4) is 33.7 Å². The van der Waals surface area contributed by atoms with Crippen molar-refractivity contribution in [1.82, 2.24) is 14.0 Å². The zero-order valence-electron chi connectivity index (χ0n) is 23.0. The van der Waals surface area contributed by atoms with E-state index in [-0.39, 0.29) is 11.4 Å². The van der Waals surface area contributed by atoms with Gasteiger partial charge in [-0.15, -0.1) is 0 Å². The van der Waals surface area contributed by atoms with E-state index in [0.717, 1.165) is 36.7 Å². The van der Waals surface area contributed by atoms with Crippen LogP contribution in [0.3, 0.4) is 0 Å². The summed E-state index contributed by atoms with van der Waals surface area (Å²) in [4.78, 5) is 17.4. The van der Waals surface area contributed by atoms with Crippen molar-refractivity contribution in [3.63, 3.8) is 0 Å². The van der Waals surface area contributed by atoms with E-state index in [4.69, 9.17) is 11.6 Å². The highest BCUT2D eigenvalue weighted by molar-refractivity contribution is 6.32. The van der Waals surface area contributed by atoms with Crippen molar-refractivity contribution in [2.24, 2.45) is 13.0 Å². The third-order valence-corrected chi connectivity index (χ3v) is 8.81. The predicted molar refractivity (Wildman–Crippen MR) is 159 cm³/mol. The largest absolute Gasteiger partial charge is 0.507 e. The fourth-order valence-corrected chi connectivity index (χ4v) is 6.68. The number of aromatic nitrogens is 2. The molecule has 0 radical (unpaired) electrons. The van der Waals surface area contributed by atoms with Crippen molar-refractivity contribution in [2.75, 3.05) is 24.5 Å². The van der Waals surface area contributed by atoms with Crippen LogP contribution in [0.25, 0.3) is 27.9 Å². The summed E-state index contributed by atoms with van der Waals surface area (Å²) in [6, 6.07) is 16.9. The number of imidazole rings is 1. The Morgan fingerprint density at radius 3 is 2.42 bits per heavy atom. The monoisotopic (exact) mass is 560 g/mol. The van der Waals surface area contributed by atoms with Gasteiger partial charge in [0.05, 0.1) is 10.7 Å². The predicted octanol–water partition coefficient (Wildman–Crippen LogP) is 6.32. The number of fused-ring (bicyclic) bond motifs is 2. The van der Waals surface area contributed by atoms with E-state index in [1.165, 1.54) is 34.2 Å². The zero-order chi connectivity index (χ0) is 28.1. The summed E-state index contributed by atoms with van der Waals surface area (Å²) in [5, 5.41) is 11.7. The van der Waals surface area contributed by atoms with E-state index in [1.807, 2.05) is 12.1 Å². The minimum atomic E-state index is -0.452. The van der Waals surface area contributed by atoms with Gasteiger partial charge in [0.2, 0.25) is 0 Å². The topological polar surface area (TPSA) is 53.6 Å². The minimum absolute atomic E-state index is 0.0137. The lowest BCUT2D eigenvalue weighted by Gasteiger charge is -2.35.